The monoisotopic (exact) mass is 353 g/mol. The highest BCUT2D eigenvalue weighted by Gasteiger charge is 2.12. The van der Waals surface area contributed by atoms with E-state index >= 15 is 0 Å². The smallest absolute Gasteiger partial charge is 0.330 e. The number of hydrogen-bond acceptors (Lipinski definition) is 4. The SMILES string of the molecule is COc1ccccc1OC(=O)CNC(=O)c1ccc(Cl)c(Cl)c1. The van der Waals surface area contributed by atoms with Gasteiger partial charge in [-0.2, -0.15) is 0 Å². The van der Waals surface area contributed by atoms with Gasteiger partial charge in [-0.3, -0.25) is 4.79 Å². The molecule has 0 unspecified atom stereocenters. The third-order valence-electron chi connectivity index (χ3n) is 2.87. The minimum atomic E-state index is -0.622. The van der Waals surface area contributed by atoms with Crippen LogP contribution in [0.3, 0.4) is 0 Å². The standard InChI is InChI=1S/C16H13Cl2NO4/c1-22-13-4-2-3-5-14(13)23-15(20)9-19-16(21)10-6-7-11(17)12(18)8-10/h2-8H,9H2,1H3,(H,19,21). The van der Waals surface area contributed by atoms with Gasteiger partial charge in [0, 0.05) is 5.56 Å². The largest absolute Gasteiger partial charge is 0.493 e. The van der Waals surface area contributed by atoms with Crippen molar-refractivity contribution in [3.63, 3.8) is 0 Å². The summed E-state index contributed by atoms with van der Waals surface area (Å²) in [6, 6.07) is 11.2. The van der Waals surface area contributed by atoms with Crippen molar-refractivity contribution < 1.29 is 19.1 Å². The van der Waals surface area contributed by atoms with Crippen molar-refractivity contribution in [3.8, 4) is 11.5 Å². The number of nitrogens with one attached hydrogen (secondary N) is 1. The zero-order chi connectivity index (χ0) is 16.8. The Balaban J connectivity index is 1.93. The van der Waals surface area contributed by atoms with Crippen LogP contribution in [0, 0.1) is 0 Å². The van der Waals surface area contributed by atoms with Gasteiger partial charge < -0.3 is 14.8 Å². The molecule has 0 aliphatic carbocycles. The van der Waals surface area contributed by atoms with Crippen LogP contribution in [0.25, 0.3) is 0 Å². The van der Waals surface area contributed by atoms with Crippen LogP contribution in [0.4, 0.5) is 0 Å². The first-order valence-electron chi connectivity index (χ1n) is 6.58. The Kier molecular flexibility index (Phi) is 5.84. The van der Waals surface area contributed by atoms with E-state index in [0.29, 0.717) is 16.3 Å². The zero-order valence-electron chi connectivity index (χ0n) is 12.1. The molecule has 5 nitrogen and oxygen atoms in total. The second kappa shape index (κ2) is 7.85. The molecule has 0 saturated heterocycles. The Bertz CT molecular complexity index is 734. The van der Waals surface area contributed by atoms with Gasteiger partial charge in [0.1, 0.15) is 6.54 Å². The number of rotatable bonds is 5. The van der Waals surface area contributed by atoms with Crippen molar-refractivity contribution in [2.75, 3.05) is 13.7 Å². The molecule has 2 aromatic carbocycles. The lowest BCUT2D eigenvalue weighted by atomic mass is 10.2. The van der Waals surface area contributed by atoms with Gasteiger partial charge in [-0.1, -0.05) is 35.3 Å². The topological polar surface area (TPSA) is 64.6 Å². The first-order valence-corrected chi connectivity index (χ1v) is 7.34. The third-order valence-corrected chi connectivity index (χ3v) is 3.61. The number of carbonyl (C=O) groups is 2. The van der Waals surface area contributed by atoms with E-state index in [0.717, 1.165) is 0 Å². The summed E-state index contributed by atoms with van der Waals surface area (Å²) >= 11 is 11.6. The van der Waals surface area contributed by atoms with Crippen LogP contribution in [-0.4, -0.2) is 25.5 Å². The van der Waals surface area contributed by atoms with Crippen LogP contribution in [0.15, 0.2) is 42.5 Å². The first-order chi connectivity index (χ1) is 11.0. The summed E-state index contributed by atoms with van der Waals surface area (Å²) in [4.78, 5) is 23.7. The van der Waals surface area contributed by atoms with Crippen LogP contribution in [-0.2, 0) is 4.79 Å². The van der Waals surface area contributed by atoms with Gasteiger partial charge in [0.2, 0.25) is 0 Å². The Morgan fingerprint density at radius 2 is 1.74 bits per heavy atom. The number of esters is 1. The fraction of sp³-hybridized carbons (Fsp3) is 0.125. The Labute approximate surface area is 143 Å². The maximum Gasteiger partial charge on any atom is 0.330 e. The van der Waals surface area contributed by atoms with Crippen LogP contribution >= 0.6 is 23.2 Å². The van der Waals surface area contributed by atoms with E-state index in [4.69, 9.17) is 32.7 Å². The van der Waals surface area contributed by atoms with Crippen molar-refractivity contribution in [2.45, 2.75) is 0 Å². The molecule has 2 rings (SSSR count). The molecule has 0 aromatic heterocycles. The molecule has 0 spiro atoms. The normalized spacial score (nSPS) is 10.0. The molecular formula is C16H13Cl2NO4. The second-order valence-electron chi connectivity index (χ2n) is 4.44. The van der Waals surface area contributed by atoms with Gasteiger partial charge in [-0.25, -0.2) is 4.79 Å². The molecular weight excluding hydrogens is 341 g/mol. The molecule has 0 atom stereocenters. The lowest BCUT2D eigenvalue weighted by molar-refractivity contribution is -0.133. The molecule has 0 bridgehead atoms. The van der Waals surface area contributed by atoms with Gasteiger partial charge in [0.05, 0.1) is 17.2 Å². The lowest BCUT2D eigenvalue weighted by Crippen LogP contribution is -2.31. The summed E-state index contributed by atoms with van der Waals surface area (Å²) in [6.45, 7) is -0.295. The van der Waals surface area contributed by atoms with E-state index in [1.807, 2.05) is 0 Å². The Morgan fingerprint density at radius 3 is 2.39 bits per heavy atom. The van der Waals surface area contributed by atoms with Crippen molar-refractivity contribution in [1.82, 2.24) is 5.32 Å². The molecule has 0 aliphatic heterocycles. The van der Waals surface area contributed by atoms with E-state index in [-0.39, 0.29) is 17.3 Å². The van der Waals surface area contributed by atoms with Crippen molar-refractivity contribution >= 4 is 35.1 Å². The third kappa shape index (κ3) is 4.61. The second-order valence-corrected chi connectivity index (χ2v) is 5.25. The molecule has 120 valence electrons. The van der Waals surface area contributed by atoms with Gasteiger partial charge in [-0.05, 0) is 30.3 Å². The van der Waals surface area contributed by atoms with E-state index in [1.54, 1.807) is 24.3 Å². The number of carbonyl (C=O) groups excluding carboxylic acids is 2. The predicted octanol–water partition coefficient (Wildman–Crippen LogP) is 3.34. The lowest BCUT2D eigenvalue weighted by Gasteiger charge is -2.09. The fourth-order valence-corrected chi connectivity index (χ4v) is 2.05. The summed E-state index contributed by atoms with van der Waals surface area (Å²) in [6.07, 6.45) is 0. The predicted molar refractivity (Wildman–Crippen MR) is 87.4 cm³/mol. The molecule has 0 fully saturated rings. The number of methoxy groups -OCH3 is 1. The number of para-hydroxylation sites is 2. The number of amides is 1. The molecule has 0 aliphatic rings. The maximum absolute atomic E-state index is 11.9. The minimum Gasteiger partial charge on any atom is -0.493 e. The highest BCUT2D eigenvalue weighted by Crippen LogP contribution is 2.25. The molecule has 23 heavy (non-hydrogen) atoms. The average molecular weight is 354 g/mol. The molecule has 1 amide bonds. The zero-order valence-corrected chi connectivity index (χ0v) is 13.6. The molecule has 2 aromatic rings. The van der Waals surface area contributed by atoms with E-state index < -0.39 is 11.9 Å². The van der Waals surface area contributed by atoms with Gasteiger partial charge in [0.15, 0.2) is 11.5 Å². The summed E-state index contributed by atoms with van der Waals surface area (Å²) in [7, 11) is 1.47. The molecule has 0 saturated carbocycles. The van der Waals surface area contributed by atoms with Crippen LogP contribution in [0.5, 0.6) is 11.5 Å². The quantitative estimate of drug-likeness (QED) is 0.661. The van der Waals surface area contributed by atoms with E-state index in [1.165, 1.54) is 25.3 Å². The fourth-order valence-electron chi connectivity index (χ4n) is 1.75. The van der Waals surface area contributed by atoms with E-state index in [9.17, 15) is 9.59 Å². The van der Waals surface area contributed by atoms with Crippen LogP contribution < -0.4 is 14.8 Å². The molecule has 0 radical (unpaired) electrons. The maximum atomic E-state index is 11.9. The summed E-state index contributed by atoms with van der Waals surface area (Å²) in [5.74, 6) is -0.371. The average Bonchev–Trinajstić information content (AvgIpc) is 2.55. The van der Waals surface area contributed by atoms with Crippen LogP contribution in [0.2, 0.25) is 10.0 Å². The van der Waals surface area contributed by atoms with Gasteiger partial charge >= 0.3 is 5.97 Å². The number of halogens is 2. The van der Waals surface area contributed by atoms with Crippen molar-refractivity contribution in [3.05, 3.63) is 58.1 Å². The number of ether oxygens (including phenoxy) is 2. The highest BCUT2D eigenvalue weighted by atomic mass is 35.5. The Hall–Kier alpha value is -2.24. The molecule has 7 heteroatoms. The molecule has 1 N–H and O–H groups in total. The first kappa shape index (κ1) is 17.1. The van der Waals surface area contributed by atoms with Gasteiger partial charge in [-0.15, -0.1) is 0 Å². The summed E-state index contributed by atoms with van der Waals surface area (Å²) in [5, 5.41) is 3.05. The highest BCUT2D eigenvalue weighted by molar-refractivity contribution is 6.42. The minimum absolute atomic E-state index is 0.260. The van der Waals surface area contributed by atoms with Crippen LogP contribution in [0.1, 0.15) is 10.4 Å². The van der Waals surface area contributed by atoms with Crippen molar-refractivity contribution in [1.29, 1.82) is 0 Å². The number of hydrogen-bond donors (Lipinski definition) is 1. The van der Waals surface area contributed by atoms with E-state index in [2.05, 4.69) is 5.32 Å². The Morgan fingerprint density at radius 1 is 1.04 bits per heavy atom. The summed E-state index contributed by atoms with van der Waals surface area (Å²) in [5.41, 5.74) is 0.296. The summed E-state index contributed by atoms with van der Waals surface area (Å²) < 4.78 is 10.2. The van der Waals surface area contributed by atoms with Crippen molar-refractivity contribution in [2.24, 2.45) is 0 Å². The number of benzene rings is 2. The van der Waals surface area contributed by atoms with Gasteiger partial charge in [0.25, 0.3) is 5.91 Å². The molecule has 0 heterocycles.